The summed E-state index contributed by atoms with van der Waals surface area (Å²) >= 11 is 0. The molecule has 0 saturated heterocycles. The molecule has 40 heavy (non-hydrogen) atoms. The van der Waals surface area contributed by atoms with E-state index in [0.29, 0.717) is 17.7 Å². The van der Waals surface area contributed by atoms with E-state index in [0.717, 1.165) is 15.4 Å². The smallest absolute Gasteiger partial charge is 0.264 e. The van der Waals surface area contributed by atoms with Gasteiger partial charge in [0.25, 0.3) is 10.0 Å². The van der Waals surface area contributed by atoms with E-state index in [1.165, 1.54) is 29.2 Å². The highest BCUT2D eigenvalue weighted by Crippen LogP contribution is 2.26. The Morgan fingerprint density at radius 3 is 2.10 bits per heavy atom. The molecule has 3 aromatic carbocycles. The Labute approximate surface area is 237 Å². The second-order valence-electron chi connectivity index (χ2n) is 11.0. The Balaban J connectivity index is 2.07. The van der Waals surface area contributed by atoms with Gasteiger partial charge in [-0.25, -0.2) is 12.8 Å². The fraction of sp³-hybridized carbons (Fsp3) is 0.355. The molecule has 0 radical (unpaired) electrons. The summed E-state index contributed by atoms with van der Waals surface area (Å²) in [5, 5.41) is 2.93. The number of carbonyl (C=O) groups excluding carboxylic acids is 2. The lowest BCUT2D eigenvalue weighted by Gasteiger charge is -2.34. The number of nitrogens with zero attached hydrogens (tertiary/aromatic N) is 2. The number of anilines is 1. The predicted octanol–water partition coefficient (Wildman–Crippen LogP) is 5.36. The first-order valence-electron chi connectivity index (χ1n) is 13.2. The fourth-order valence-corrected chi connectivity index (χ4v) is 5.71. The second-order valence-corrected chi connectivity index (χ2v) is 12.8. The number of sulfonamides is 1. The Morgan fingerprint density at radius 2 is 1.55 bits per heavy atom. The maximum Gasteiger partial charge on any atom is 0.264 e. The summed E-state index contributed by atoms with van der Waals surface area (Å²) in [5.74, 6) is -1.33. The number of aryl methyl sites for hydroxylation is 2. The molecule has 0 heterocycles. The Hall–Kier alpha value is -3.72. The van der Waals surface area contributed by atoms with Crippen LogP contribution in [0.2, 0.25) is 0 Å². The van der Waals surface area contributed by atoms with Gasteiger partial charge in [-0.3, -0.25) is 13.9 Å². The van der Waals surface area contributed by atoms with Crippen LogP contribution in [-0.4, -0.2) is 43.3 Å². The van der Waals surface area contributed by atoms with Crippen molar-refractivity contribution in [2.45, 2.75) is 71.0 Å². The molecular weight excluding hydrogens is 529 g/mol. The van der Waals surface area contributed by atoms with E-state index in [-0.39, 0.29) is 17.3 Å². The number of benzene rings is 3. The normalized spacial score (nSPS) is 12.5. The van der Waals surface area contributed by atoms with Crippen molar-refractivity contribution in [3.8, 4) is 0 Å². The standard InChI is InChI=1S/C31H38FN3O4S/c1-7-28(30(37)33-31(4,5)6)34(20-24-13-15-25(32)16-14-24)29(36)21-35(26-10-8-9-23(3)19-26)40(38,39)27-17-11-22(2)12-18-27/h8-19,28H,7,20-21H2,1-6H3,(H,33,37)/t28-/m0/s1. The predicted molar refractivity (Wildman–Crippen MR) is 156 cm³/mol. The molecule has 0 aliphatic carbocycles. The molecule has 214 valence electrons. The quantitative estimate of drug-likeness (QED) is 0.357. The van der Waals surface area contributed by atoms with E-state index >= 15 is 0 Å². The summed E-state index contributed by atoms with van der Waals surface area (Å²) in [4.78, 5) is 28.8. The molecule has 0 saturated carbocycles. The largest absolute Gasteiger partial charge is 0.350 e. The number of hydrogen-bond acceptors (Lipinski definition) is 4. The molecule has 2 amide bonds. The van der Waals surface area contributed by atoms with Crippen LogP contribution in [0.25, 0.3) is 0 Å². The SMILES string of the molecule is CC[C@@H](C(=O)NC(C)(C)C)N(Cc1ccc(F)cc1)C(=O)CN(c1cccc(C)c1)S(=O)(=O)c1ccc(C)cc1. The molecule has 0 fully saturated rings. The van der Waals surface area contributed by atoms with E-state index in [9.17, 15) is 22.4 Å². The van der Waals surface area contributed by atoms with Gasteiger partial charge >= 0.3 is 0 Å². The van der Waals surface area contributed by atoms with Gasteiger partial charge in [-0.1, -0.05) is 48.9 Å². The maximum atomic E-state index is 14.1. The van der Waals surface area contributed by atoms with Crippen molar-refractivity contribution < 1.29 is 22.4 Å². The number of halogens is 1. The highest BCUT2D eigenvalue weighted by atomic mass is 32.2. The van der Waals surface area contributed by atoms with E-state index in [2.05, 4.69) is 5.32 Å². The number of nitrogens with one attached hydrogen (secondary N) is 1. The summed E-state index contributed by atoms with van der Waals surface area (Å²) in [6, 6.07) is 18.1. The zero-order chi connectivity index (χ0) is 29.7. The third-order valence-electron chi connectivity index (χ3n) is 6.33. The summed E-state index contributed by atoms with van der Waals surface area (Å²) in [6.07, 6.45) is 0.296. The topological polar surface area (TPSA) is 86.8 Å². The van der Waals surface area contributed by atoms with Crippen LogP contribution >= 0.6 is 0 Å². The zero-order valence-corrected chi connectivity index (χ0v) is 24.8. The van der Waals surface area contributed by atoms with Crippen molar-refractivity contribution in [3.63, 3.8) is 0 Å². The number of rotatable bonds is 10. The van der Waals surface area contributed by atoms with Gasteiger partial charge in [0.15, 0.2) is 0 Å². The van der Waals surface area contributed by atoms with E-state index in [4.69, 9.17) is 0 Å². The Morgan fingerprint density at radius 1 is 0.925 bits per heavy atom. The molecule has 1 atom stereocenters. The molecule has 0 aliphatic heterocycles. The van der Waals surface area contributed by atoms with Gasteiger partial charge in [-0.2, -0.15) is 0 Å². The van der Waals surface area contributed by atoms with Crippen LogP contribution in [0.5, 0.6) is 0 Å². The maximum absolute atomic E-state index is 14.1. The van der Waals surface area contributed by atoms with Crippen LogP contribution in [0.15, 0.2) is 77.7 Å². The van der Waals surface area contributed by atoms with Crippen molar-refractivity contribution in [2.75, 3.05) is 10.8 Å². The molecule has 3 rings (SSSR count). The Kier molecular flexibility index (Phi) is 9.73. The minimum atomic E-state index is -4.14. The van der Waals surface area contributed by atoms with Crippen LogP contribution in [0.1, 0.15) is 50.8 Å². The first-order chi connectivity index (χ1) is 18.7. The molecule has 0 bridgehead atoms. The molecule has 0 spiro atoms. The summed E-state index contributed by atoms with van der Waals surface area (Å²) in [5.41, 5.74) is 2.13. The summed E-state index contributed by atoms with van der Waals surface area (Å²) in [6.45, 7) is 10.5. The lowest BCUT2D eigenvalue weighted by molar-refractivity contribution is -0.141. The van der Waals surface area contributed by atoms with Crippen LogP contribution in [-0.2, 0) is 26.2 Å². The third-order valence-corrected chi connectivity index (χ3v) is 8.12. The molecule has 0 aromatic heterocycles. The fourth-order valence-electron chi connectivity index (χ4n) is 4.31. The molecule has 0 unspecified atom stereocenters. The highest BCUT2D eigenvalue weighted by Gasteiger charge is 2.34. The van der Waals surface area contributed by atoms with Crippen LogP contribution in [0.4, 0.5) is 10.1 Å². The third kappa shape index (κ3) is 7.91. The molecule has 3 aromatic rings. The summed E-state index contributed by atoms with van der Waals surface area (Å²) < 4.78 is 42.5. The molecule has 0 aliphatic rings. The summed E-state index contributed by atoms with van der Waals surface area (Å²) in [7, 11) is -4.14. The second kappa shape index (κ2) is 12.6. The van der Waals surface area contributed by atoms with Crippen molar-refractivity contribution in [2.24, 2.45) is 0 Å². The van der Waals surface area contributed by atoms with E-state index in [1.54, 1.807) is 49.4 Å². The minimum absolute atomic E-state index is 0.00141. The lowest BCUT2D eigenvalue weighted by Crippen LogP contribution is -2.55. The van der Waals surface area contributed by atoms with Gasteiger partial charge in [-0.15, -0.1) is 0 Å². The van der Waals surface area contributed by atoms with Crippen molar-refractivity contribution in [1.29, 1.82) is 0 Å². The minimum Gasteiger partial charge on any atom is -0.350 e. The van der Waals surface area contributed by atoms with Gasteiger partial charge in [0.2, 0.25) is 11.8 Å². The van der Waals surface area contributed by atoms with Crippen molar-refractivity contribution in [3.05, 3.63) is 95.3 Å². The van der Waals surface area contributed by atoms with Gasteiger partial charge in [0.05, 0.1) is 10.6 Å². The van der Waals surface area contributed by atoms with E-state index < -0.39 is 39.9 Å². The van der Waals surface area contributed by atoms with Crippen molar-refractivity contribution in [1.82, 2.24) is 10.2 Å². The van der Waals surface area contributed by atoms with E-state index in [1.807, 2.05) is 40.7 Å². The first kappa shape index (κ1) is 30.8. The van der Waals surface area contributed by atoms with Crippen molar-refractivity contribution >= 4 is 27.5 Å². The number of amides is 2. The average molecular weight is 568 g/mol. The number of carbonyl (C=O) groups is 2. The highest BCUT2D eigenvalue weighted by molar-refractivity contribution is 7.92. The van der Waals surface area contributed by atoms with Gasteiger partial charge in [0, 0.05) is 12.1 Å². The lowest BCUT2D eigenvalue weighted by atomic mass is 10.1. The Bertz CT molecular complexity index is 1430. The van der Waals surface area contributed by atoms with Gasteiger partial charge in [-0.05, 0) is 88.6 Å². The zero-order valence-electron chi connectivity index (χ0n) is 23.9. The first-order valence-corrected chi connectivity index (χ1v) is 14.7. The molecular formula is C31H38FN3O4S. The van der Waals surface area contributed by atoms with Crippen LogP contribution in [0, 0.1) is 19.7 Å². The number of hydrogen-bond donors (Lipinski definition) is 1. The van der Waals surface area contributed by atoms with Gasteiger partial charge < -0.3 is 10.2 Å². The van der Waals surface area contributed by atoms with Crippen LogP contribution < -0.4 is 9.62 Å². The molecule has 9 heteroatoms. The van der Waals surface area contributed by atoms with Gasteiger partial charge in [0.1, 0.15) is 18.4 Å². The monoisotopic (exact) mass is 567 g/mol. The molecule has 7 nitrogen and oxygen atoms in total. The average Bonchev–Trinajstić information content (AvgIpc) is 2.87. The molecule has 1 N–H and O–H groups in total. The van der Waals surface area contributed by atoms with Crippen LogP contribution in [0.3, 0.4) is 0 Å².